The van der Waals surface area contributed by atoms with Crippen LogP contribution in [0.4, 0.5) is 5.69 Å². The second-order valence-corrected chi connectivity index (χ2v) is 8.31. The predicted molar refractivity (Wildman–Crippen MR) is 126 cm³/mol. The number of H-pyrrole nitrogens is 1. The molecule has 2 aromatic carbocycles. The molecule has 4 aromatic rings. The highest BCUT2D eigenvalue weighted by Gasteiger charge is 2.13. The van der Waals surface area contributed by atoms with Crippen molar-refractivity contribution >= 4 is 16.6 Å². The molecule has 0 atom stereocenters. The van der Waals surface area contributed by atoms with Crippen LogP contribution in [0, 0.1) is 20.8 Å². The van der Waals surface area contributed by atoms with Crippen LogP contribution >= 0.6 is 0 Å². The van der Waals surface area contributed by atoms with E-state index >= 15 is 0 Å². The highest BCUT2D eigenvalue weighted by atomic mass is 15.2. The Morgan fingerprint density at radius 3 is 2.13 bits per heavy atom. The fourth-order valence-corrected chi connectivity index (χ4v) is 4.57. The molecule has 0 saturated carbocycles. The quantitative estimate of drug-likeness (QED) is 0.498. The van der Waals surface area contributed by atoms with E-state index < -0.39 is 0 Å². The second-order valence-electron chi connectivity index (χ2n) is 8.31. The van der Waals surface area contributed by atoms with Crippen molar-refractivity contribution in [3.05, 3.63) is 71.5 Å². The summed E-state index contributed by atoms with van der Waals surface area (Å²) in [5.74, 6) is 0. The molecule has 4 heteroatoms. The number of aromatic nitrogens is 2. The molecule has 152 valence electrons. The van der Waals surface area contributed by atoms with Crippen LogP contribution in [0.2, 0.25) is 0 Å². The molecule has 5 rings (SSSR count). The van der Waals surface area contributed by atoms with Gasteiger partial charge in [0.15, 0.2) is 0 Å². The first kappa shape index (κ1) is 18.9. The van der Waals surface area contributed by atoms with E-state index in [4.69, 9.17) is 0 Å². The predicted octanol–water partition coefficient (Wildman–Crippen LogP) is 5.23. The van der Waals surface area contributed by atoms with Gasteiger partial charge in [-0.05, 0) is 67.8 Å². The van der Waals surface area contributed by atoms with Crippen molar-refractivity contribution in [1.29, 1.82) is 0 Å². The molecule has 0 bridgehead atoms. The third-order valence-electron chi connectivity index (χ3n) is 6.11. The van der Waals surface area contributed by atoms with Gasteiger partial charge >= 0.3 is 0 Å². The van der Waals surface area contributed by atoms with Gasteiger partial charge in [0.1, 0.15) is 0 Å². The van der Waals surface area contributed by atoms with Crippen LogP contribution in [-0.2, 0) is 0 Å². The molecule has 1 aliphatic rings. The number of nitrogens with one attached hydrogen (secondary N) is 2. The third kappa shape index (κ3) is 3.48. The summed E-state index contributed by atoms with van der Waals surface area (Å²) in [6.07, 6.45) is 0. The minimum absolute atomic E-state index is 1.05. The molecule has 30 heavy (non-hydrogen) atoms. The molecule has 3 heterocycles. The lowest BCUT2D eigenvalue weighted by Crippen LogP contribution is -2.43. The summed E-state index contributed by atoms with van der Waals surface area (Å²) in [6.45, 7) is 10.6. The Bertz CT molecular complexity index is 1180. The second kappa shape index (κ2) is 7.62. The van der Waals surface area contributed by atoms with Gasteiger partial charge < -0.3 is 15.2 Å². The van der Waals surface area contributed by atoms with Gasteiger partial charge in [0.2, 0.25) is 0 Å². The maximum absolute atomic E-state index is 4.52. The maximum atomic E-state index is 4.52. The number of pyridine rings is 1. The fourth-order valence-electron chi connectivity index (χ4n) is 4.57. The number of fused-ring (bicyclic) bond motifs is 1. The molecule has 0 unspecified atom stereocenters. The Morgan fingerprint density at radius 1 is 0.767 bits per heavy atom. The lowest BCUT2D eigenvalue weighted by atomic mass is 10.0. The summed E-state index contributed by atoms with van der Waals surface area (Å²) >= 11 is 0. The van der Waals surface area contributed by atoms with Crippen molar-refractivity contribution < 1.29 is 0 Å². The Balaban J connectivity index is 1.49. The average molecular weight is 397 g/mol. The molecule has 0 radical (unpaired) electrons. The van der Waals surface area contributed by atoms with Crippen molar-refractivity contribution in [2.45, 2.75) is 20.8 Å². The van der Waals surface area contributed by atoms with Crippen LogP contribution in [0.1, 0.15) is 17.0 Å². The van der Waals surface area contributed by atoms with Crippen molar-refractivity contribution in [1.82, 2.24) is 15.3 Å². The zero-order valence-corrected chi connectivity index (χ0v) is 17.9. The number of hydrogen-bond donors (Lipinski definition) is 2. The highest BCUT2D eigenvalue weighted by Crippen LogP contribution is 2.33. The molecular weight excluding hydrogens is 368 g/mol. The van der Waals surface area contributed by atoms with E-state index in [0.717, 1.165) is 37.6 Å². The Labute approximate surface area is 178 Å². The van der Waals surface area contributed by atoms with E-state index in [1.807, 2.05) is 0 Å². The summed E-state index contributed by atoms with van der Waals surface area (Å²) in [7, 11) is 0. The van der Waals surface area contributed by atoms with Gasteiger partial charge in [0, 0.05) is 65.4 Å². The average Bonchev–Trinajstić information content (AvgIpc) is 3.10. The summed E-state index contributed by atoms with van der Waals surface area (Å²) in [5.41, 5.74) is 10.8. The van der Waals surface area contributed by atoms with Crippen LogP contribution in [0.3, 0.4) is 0 Å². The van der Waals surface area contributed by atoms with E-state index in [-0.39, 0.29) is 0 Å². The molecule has 0 amide bonds. The van der Waals surface area contributed by atoms with Gasteiger partial charge in [-0.25, -0.2) is 0 Å². The largest absolute Gasteiger partial charge is 0.369 e. The normalized spacial score (nSPS) is 14.4. The lowest BCUT2D eigenvalue weighted by Gasteiger charge is -2.29. The van der Waals surface area contributed by atoms with Crippen molar-refractivity contribution in [3.63, 3.8) is 0 Å². The standard InChI is InChI=1S/C26H28N4/c1-17-14-22(15-18(2)28-17)26-19(3)24-9-6-21(16-25(24)29-26)20-4-7-23(8-5-20)30-12-10-27-11-13-30/h4-9,14-16,27,29H,10-13H2,1-3H3. The van der Waals surface area contributed by atoms with Crippen LogP contribution in [0.5, 0.6) is 0 Å². The molecule has 1 aliphatic heterocycles. The number of piperazine rings is 1. The molecular formula is C26H28N4. The zero-order chi connectivity index (χ0) is 20.7. The SMILES string of the molecule is Cc1cc(-c2[nH]c3cc(-c4ccc(N5CCNCC5)cc4)ccc3c2C)cc(C)n1. The highest BCUT2D eigenvalue weighted by molar-refractivity contribution is 5.93. The zero-order valence-electron chi connectivity index (χ0n) is 17.9. The Morgan fingerprint density at radius 2 is 1.43 bits per heavy atom. The first-order chi connectivity index (χ1) is 14.6. The number of aromatic amines is 1. The van der Waals surface area contributed by atoms with E-state index in [1.54, 1.807) is 0 Å². The van der Waals surface area contributed by atoms with Crippen molar-refractivity contribution in [2.24, 2.45) is 0 Å². The van der Waals surface area contributed by atoms with Gasteiger partial charge in [0.05, 0.1) is 0 Å². The Kier molecular flexibility index (Phi) is 4.80. The summed E-state index contributed by atoms with van der Waals surface area (Å²) in [4.78, 5) is 10.6. The van der Waals surface area contributed by atoms with Crippen LogP contribution in [0.15, 0.2) is 54.6 Å². The van der Waals surface area contributed by atoms with Crippen LogP contribution < -0.4 is 10.2 Å². The van der Waals surface area contributed by atoms with E-state index in [9.17, 15) is 0 Å². The smallest absolute Gasteiger partial charge is 0.0495 e. The van der Waals surface area contributed by atoms with Crippen LogP contribution in [-0.4, -0.2) is 36.1 Å². The molecule has 4 nitrogen and oxygen atoms in total. The number of hydrogen-bond acceptors (Lipinski definition) is 3. The monoisotopic (exact) mass is 396 g/mol. The Hall–Kier alpha value is -3.11. The minimum atomic E-state index is 1.05. The van der Waals surface area contributed by atoms with Gasteiger partial charge in [-0.1, -0.05) is 24.3 Å². The van der Waals surface area contributed by atoms with E-state index in [1.165, 1.54) is 44.5 Å². The first-order valence-corrected chi connectivity index (χ1v) is 10.7. The molecule has 2 aromatic heterocycles. The molecule has 0 spiro atoms. The fraction of sp³-hybridized carbons (Fsp3) is 0.269. The van der Waals surface area contributed by atoms with Gasteiger partial charge in [-0.2, -0.15) is 0 Å². The number of nitrogens with zero attached hydrogens (tertiary/aromatic N) is 2. The molecule has 0 aliphatic carbocycles. The number of rotatable bonds is 3. The topological polar surface area (TPSA) is 44.0 Å². The van der Waals surface area contributed by atoms with Gasteiger partial charge in [-0.3, -0.25) is 4.98 Å². The van der Waals surface area contributed by atoms with E-state index in [0.29, 0.717) is 0 Å². The summed E-state index contributed by atoms with van der Waals surface area (Å²) < 4.78 is 0. The lowest BCUT2D eigenvalue weighted by molar-refractivity contribution is 0.589. The summed E-state index contributed by atoms with van der Waals surface area (Å²) in [5, 5.41) is 4.69. The molecule has 2 N–H and O–H groups in total. The van der Waals surface area contributed by atoms with Gasteiger partial charge in [0.25, 0.3) is 0 Å². The van der Waals surface area contributed by atoms with Crippen LogP contribution in [0.25, 0.3) is 33.3 Å². The summed E-state index contributed by atoms with van der Waals surface area (Å²) in [6, 6.07) is 20.0. The molecule has 1 fully saturated rings. The minimum Gasteiger partial charge on any atom is -0.369 e. The third-order valence-corrected chi connectivity index (χ3v) is 6.11. The van der Waals surface area contributed by atoms with Gasteiger partial charge in [-0.15, -0.1) is 0 Å². The van der Waals surface area contributed by atoms with Crippen molar-refractivity contribution in [3.8, 4) is 22.4 Å². The number of anilines is 1. The van der Waals surface area contributed by atoms with E-state index in [2.05, 4.69) is 95.6 Å². The maximum Gasteiger partial charge on any atom is 0.0495 e. The van der Waals surface area contributed by atoms with Crippen molar-refractivity contribution in [2.75, 3.05) is 31.1 Å². The number of aryl methyl sites for hydroxylation is 3. The first-order valence-electron chi connectivity index (χ1n) is 10.7. The molecule has 1 saturated heterocycles. The number of benzene rings is 2.